The van der Waals surface area contributed by atoms with Gasteiger partial charge in [0.2, 0.25) is 11.7 Å². The van der Waals surface area contributed by atoms with Crippen LogP contribution in [-0.4, -0.2) is 23.2 Å². The highest BCUT2D eigenvalue weighted by molar-refractivity contribution is 5.85. The molecule has 4 nitrogen and oxygen atoms in total. The molecule has 1 aliphatic rings. The molecule has 1 aromatic heterocycles. The first-order valence-electron chi connectivity index (χ1n) is 6.76. The number of benzene rings is 1. The molecule has 0 spiro atoms. The summed E-state index contributed by atoms with van der Waals surface area (Å²) in [6.45, 7) is 1.76. The quantitative estimate of drug-likeness (QED) is 0.911. The lowest BCUT2D eigenvalue weighted by atomic mass is 9.98. The topological polar surface area (TPSA) is 51.0 Å². The van der Waals surface area contributed by atoms with Gasteiger partial charge in [-0.25, -0.2) is 0 Å². The fourth-order valence-electron chi connectivity index (χ4n) is 2.42. The largest absolute Gasteiger partial charge is 0.416 e. The standard InChI is InChI=1S/C14H14F3N3O.ClH/c15-14(16,17)11-3-1-2-10(8-11)12-19-13(21-20-12)9-4-6-18-7-5-9;/h1-3,8-9,18H,4-7H2;1H. The molecule has 1 aliphatic heterocycles. The third-order valence-electron chi connectivity index (χ3n) is 3.58. The van der Waals surface area contributed by atoms with E-state index < -0.39 is 11.7 Å². The molecule has 3 rings (SSSR count). The highest BCUT2D eigenvalue weighted by Gasteiger charge is 2.31. The lowest BCUT2D eigenvalue weighted by Crippen LogP contribution is -2.26. The summed E-state index contributed by atoms with van der Waals surface area (Å²) in [6.07, 6.45) is -2.59. The van der Waals surface area contributed by atoms with E-state index in [1.807, 2.05) is 0 Å². The highest BCUT2D eigenvalue weighted by atomic mass is 35.5. The second kappa shape index (κ2) is 6.66. The molecule has 1 N–H and O–H groups in total. The van der Waals surface area contributed by atoms with Crippen LogP contribution in [0.2, 0.25) is 0 Å². The lowest BCUT2D eigenvalue weighted by Gasteiger charge is -2.18. The first-order valence-corrected chi connectivity index (χ1v) is 6.76. The van der Waals surface area contributed by atoms with Crippen molar-refractivity contribution >= 4 is 12.4 Å². The van der Waals surface area contributed by atoms with Gasteiger partial charge in [0.15, 0.2) is 0 Å². The summed E-state index contributed by atoms with van der Waals surface area (Å²) < 4.78 is 43.3. The van der Waals surface area contributed by atoms with Crippen LogP contribution in [0.5, 0.6) is 0 Å². The van der Waals surface area contributed by atoms with E-state index in [4.69, 9.17) is 4.52 Å². The Morgan fingerprint density at radius 1 is 1.18 bits per heavy atom. The van der Waals surface area contributed by atoms with Crippen molar-refractivity contribution in [3.8, 4) is 11.4 Å². The van der Waals surface area contributed by atoms with Crippen LogP contribution < -0.4 is 5.32 Å². The predicted octanol–water partition coefficient (Wildman–Crippen LogP) is 3.64. The normalized spacial score (nSPS) is 16.3. The lowest BCUT2D eigenvalue weighted by molar-refractivity contribution is -0.137. The van der Waals surface area contributed by atoms with Crippen molar-refractivity contribution in [1.82, 2.24) is 15.5 Å². The summed E-state index contributed by atoms with van der Waals surface area (Å²) in [5.41, 5.74) is -0.401. The van der Waals surface area contributed by atoms with Crippen LogP contribution in [-0.2, 0) is 6.18 Å². The van der Waals surface area contributed by atoms with Crippen LogP contribution in [0.1, 0.15) is 30.2 Å². The number of nitrogens with zero attached hydrogens (tertiary/aromatic N) is 2. The van der Waals surface area contributed by atoms with E-state index in [2.05, 4.69) is 15.5 Å². The fourth-order valence-corrected chi connectivity index (χ4v) is 2.42. The zero-order valence-corrected chi connectivity index (χ0v) is 12.4. The van der Waals surface area contributed by atoms with Crippen molar-refractivity contribution in [3.05, 3.63) is 35.7 Å². The molecule has 0 atom stereocenters. The van der Waals surface area contributed by atoms with E-state index in [9.17, 15) is 13.2 Å². The van der Waals surface area contributed by atoms with Gasteiger partial charge in [0.1, 0.15) is 0 Å². The third kappa shape index (κ3) is 3.59. The maximum Gasteiger partial charge on any atom is 0.416 e. The summed E-state index contributed by atoms with van der Waals surface area (Å²) in [7, 11) is 0. The Labute approximate surface area is 131 Å². The maximum atomic E-state index is 12.7. The van der Waals surface area contributed by atoms with Crippen molar-refractivity contribution in [2.75, 3.05) is 13.1 Å². The molecule has 0 radical (unpaired) electrons. The van der Waals surface area contributed by atoms with Gasteiger partial charge in [0.25, 0.3) is 0 Å². The SMILES string of the molecule is Cl.FC(F)(F)c1cccc(-c2noc(C3CCNCC3)n2)c1. The predicted molar refractivity (Wildman–Crippen MR) is 76.8 cm³/mol. The summed E-state index contributed by atoms with van der Waals surface area (Å²) >= 11 is 0. The Hall–Kier alpha value is -1.60. The number of hydrogen-bond donors (Lipinski definition) is 1. The van der Waals surface area contributed by atoms with Crippen LogP contribution in [0, 0.1) is 0 Å². The van der Waals surface area contributed by atoms with Gasteiger partial charge >= 0.3 is 6.18 Å². The summed E-state index contributed by atoms with van der Waals surface area (Å²) in [5, 5.41) is 7.04. The van der Waals surface area contributed by atoms with E-state index in [1.165, 1.54) is 6.07 Å². The van der Waals surface area contributed by atoms with Gasteiger partial charge in [-0.05, 0) is 38.1 Å². The van der Waals surface area contributed by atoms with Gasteiger partial charge in [-0.15, -0.1) is 12.4 Å². The molecular formula is C14H15ClF3N3O. The molecule has 2 heterocycles. The van der Waals surface area contributed by atoms with Crippen LogP contribution >= 0.6 is 12.4 Å². The first-order chi connectivity index (χ1) is 10.0. The number of aromatic nitrogens is 2. The molecule has 1 aromatic carbocycles. The third-order valence-corrected chi connectivity index (χ3v) is 3.58. The van der Waals surface area contributed by atoms with Gasteiger partial charge in [-0.1, -0.05) is 17.3 Å². The monoisotopic (exact) mass is 333 g/mol. The maximum absolute atomic E-state index is 12.7. The number of nitrogens with one attached hydrogen (secondary N) is 1. The highest BCUT2D eigenvalue weighted by Crippen LogP contribution is 2.32. The van der Waals surface area contributed by atoms with Crippen LogP contribution in [0.25, 0.3) is 11.4 Å². The Morgan fingerprint density at radius 3 is 2.59 bits per heavy atom. The smallest absolute Gasteiger partial charge is 0.339 e. The Bertz CT molecular complexity index is 624. The molecule has 8 heteroatoms. The van der Waals surface area contributed by atoms with E-state index >= 15 is 0 Å². The van der Waals surface area contributed by atoms with E-state index in [0.717, 1.165) is 38.1 Å². The Morgan fingerprint density at radius 2 is 1.91 bits per heavy atom. The van der Waals surface area contributed by atoms with E-state index in [-0.39, 0.29) is 24.1 Å². The molecule has 120 valence electrons. The van der Waals surface area contributed by atoms with Gasteiger partial charge in [-0.3, -0.25) is 0 Å². The van der Waals surface area contributed by atoms with Gasteiger partial charge < -0.3 is 9.84 Å². The minimum Gasteiger partial charge on any atom is -0.339 e. The number of piperidine rings is 1. The molecule has 0 saturated carbocycles. The average molecular weight is 334 g/mol. The minimum atomic E-state index is -4.38. The summed E-state index contributed by atoms with van der Waals surface area (Å²) in [6, 6.07) is 4.96. The molecule has 2 aromatic rings. The van der Waals surface area contributed by atoms with Crippen molar-refractivity contribution in [1.29, 1.82) is 0 Å². The number of halogens is 4. The molecule has 22 heavy (non-hydrogen) atoms. The number of rotatable bonds is 2. The zero-order valence-electron chi connectivity index (χ0n) is 11.6. The van der Waals surface area contributed by atoms with Crippen molar-refractivity contribution in [2.24, 2.45) is 0 Å². The molecule has 0 amide bonds. The minimum absolute atomic E-state index is 0. The average Bonchev–Trinajstić information content (AvgIpc) is 2.97. The number of alkyl halides is 3. The van der Waals surface area contributed by atoms with E-state index in [0.29, 0.717) is 11.5 Å². The second-order valence-electron chi connectivity index (χ2n) is 5.06. The molecule has 1 saturated heterocycles. The molecular weight excluding hydrogens is 319 g/mol. The Balaban J connectivity index is 0.00000176. The zero-order chi connectivity index (χ0) is 14.9. The van der Waals surface area contributed by atoms with Crippen LogP contribution in [0.15, 0.2) is 28.8 Å². The molecule has 0 bridgehead atoms. The Kier molecular flexibility index (Phi) is 5.08. The van der Waals surface area contributed by atoms with Gasteiger partial charge in [0, 0.05) is 11.5 Å². The number of hydrogen-bond acceptors (Lipinski definition) is 4. The van der Waals surface area contributed by atoms with Crippen LogP contribution in [0.4, 0.5) is 13.2 Å². The summed E-state index contributed by atoms with van der Waals surface area (Å²) in [5.74, 6) is 0.886. The fraction of sp³-hybridized carbons (Fsp3) is 0.429. The second-order valence-corrected chi connectivity index (χ2v) is 5.06. The van der Waals surface area contributed by atoms with Crippen molar-refractivity contribution in [2.45, 2.75) is 24.9 Å². The van der Waals surface area contributed by atoms with Gasteiger partial charge in [0.05, 0.1) is 5.56 Å². The van der Waals surface area contributed by atoms with Crippen molar-refractivity contribution in [3.63, 3.8) is 0 Å². The van der Waals surface area contributed by atoms with E-state index in [1.54, 1.807) is 6.07 Å². The summed E-state index contributed by atoms with van der Waals surface area (Å²) in [4.78, 5) is 4.25. The van der Waals surface area contributed by atoms with Crippen molar-refractivity contribution < 1.29 is 17.7 Å². The molecule has 0 aliphatic carbocycles. The molecule has 1 fully saturated rings. The van der Waals surface area contributed by atoms with Crippen LogP contribution in [0.3, 0.4) is 0 Å². The molecule has 0 unspecified atom stereocenters. The van der Waals surface area contributed by atoms with Gasteiger partial charge in [-0.2, -0.15) is 18.2 Å². The first kappa shape index (κ1) is 16.8.